The van der Waals surface area contributed by atoms with E-state index in [4.69, 9.17) is 5.26 Å². The van der Waals surface area contributed by atoms with E-state index in [9.17, 15) is 4.39 Å². The largest absolute Gasteiger partial charge is 0.206 e. The van der Waals surface area contributed by atoms with Crippen molar-refractivity contribution in [1.29, 1.82) is 5.26 Å². The van der Waals surface area contributed by atoms with E-state index in [0.717, 1.165) is 11.1 Å². The number of hydrogen-bond acceptors (Lipinski definition) is 3. The average Bonchev–Trinajstić information content (AvgIpc) is 2.65. The first-order valence-corrected chi connectivity index (χ1v) is 7.48. The normalized spacial score (nSPS) is 10.9. The second-order valence-electron chi connectivity index (χ2n) is 5.22. The zero-order valence-electron chi connectivity index (χ0n) is 12.8. The molecule has 0 heterocycles. The average molecular weight is 315 g/mol. The highest BCUT2D eigenvalue weighted by Crippen LogP contribution is 2.28. The maximum atomic E-state index is 13.4. The minimum absolute atomic E-state index is 0.0394. The fourth-order valence-electron chi connectivity index (χ4n) is 2.38. The van der Waals surface area contributed by atoms with Gasteiger partial charge in [0.25, 0.3) is 0 Å². The molecule has 0 amide bonds. The highest BCUT2D eigenvalue weighted by atomic mass is 19.1. The summed E-state index contributed by atoms with van der Waals surface area (Å²) >= 11 is 0. The zero-order chi connectivity index (χ0) is 16.8. The van der Waals surface area contributed by atoms with Gasteiger partial charge in [0, 0.05) is 0 Å². The number of azo groups is 1. The lowest BCUT2D eigenvalue weighted by Gasteiger charge is -2.12. The van der Waals surface area contributed by atoms with Crippen LogP contribution >= 0.6 is 0 Å². The molecule has 3 aromatic rings. The predicted octanol–water partition coefficient (Wildman–Crippen LogP) is 5.57. The molecular formula is C20H14FN3. The molecule has 0 saturated heterocycles. The van der Waals surface area contributed by atoms with Crippen molar-refractivity contribution in [3.05, 3.63) is 101 Å². The molecule has 0 spiro atoms. The van der Waals surface area contributed by atoms with Gasteiger partial charge in [-0.3, -0.25) is 0 Å². The molecule has 0 aliphatic rings. The maximum absolute atomic E-state index is 13.4. The molecule has 0 atom stereocenters. The molecule has 24 heavy (non-hydrogen) atoms. The molecule has 0 unspecified atom stereocenters. The van der Waals surface area contributed by atoms with Crippen molar-refractivity contribution in [2.45, 2.75) is 6.04 Å². The third-order valence-electron chi connectivity index (χ3n) is 3.59. The van der Waals surface area contributed by atoms with E-state index in [0.29, 0.717) is 5.69 Å². The van der Waals surface area contributed by atoms with Gasteiger partial charge in [-0.2, -0.15) is 15.5 Å². The van der Waals surface area contributed by atoms with Crippen molar-refractivity contribution in [2.75, 3.05) is 0 Å². The van der Waals surface area contributed by atoms with Crippen molar-refractivity contribution in [1.82, 2.24) is 0 Å². The van der Waals surface area contributed by atoms with Gasteiger partial charge < -0.3 is 0 Å². The molecular weight excluding hydrogens is 301 g/mol. The van der Waals surface area contributed by atoms with Gasteiger partial charge in [0.2, 0.25) is 0 Å². The number of hydrogen-bond donors (Lipinski definition) is 0. The zero-order valence-corrected chi connectivity index (χ0v) is 12.8. The van der Waals surface area contributed by atoms with E-state index >= 15 is 0 Å². The summed E-state index contributed by atoms with van der Waals surface area (Å²) < 4.78 is 13.4. The van der Waals surface area contributed by atoms with Crippen LogP contribution in [0.5, 0.6) is 0 Å². The summed E-state index contributed by atoms with van der Waals surface area (Å²) in [5.74, 6) is -0.556. The summed E-state index contributed by atoms with van der Waals surface area (Å²) in [5, 5.41) is 17.6. The standard InChI is InChI=1S/C20H14FN3/c21-19-12-11-18(13-17(19)14-22)23-24-20(15-7-3-1-4-8-15)16-9-5-2-6-10-16/h1-13,20H. The van der Waals surface area contributed by atoms with Gasteiger partial charge in [0.15, 0.2) is 0 Å². The Hall–Kier alpha value is -3.32. The maximum Gasteiger partial charge on any atom is 0.141 e. The quantitative estimate of drug-likeness (QED) is 0.580. The van der Waals surface area contributed by atoms with Gasteiger partial charge in [0.05, 0.1) is 11.3 Å². The van der Waals surface area contributed by atoms with Crippen LogP contribution in [0.25, 0.3) is 0 Å². The minimum Gasteiger partial charge on any atom is -0.206 e. The fraction of sp³-hybridized carbons (Fsp3) is 0.0500. The molecule has 116 valence electrons. The lowest BCUT2D eigenvalue weighted by Crippen LogP contribution is -1.96. The third kappa shape index (κ3) is 3.53. The van der Waals surface area contributed by atoms with E-state index in [1.807, 2.05) is 66.7 Å². The SMILES string of the molecule is N#Cc1cc(N=NC(c2ccccc2)c2ccccc2)ccc1F. The van der Waals surface area contributed by atoms with Crippen LogP contribution in [0.3, 0.4) is 0 Å². The van der Waals surface area contributed by atoms with Crippen molar-refractivity contribution >= 4 is 5.69 Å². The van der Waals surface area contributed by atoms with Crippen LogP contribution in [0.2, 0.25) is 0 Å². The van der Waals surface area contributed by atoms with Crippen LogP contribution in [0.15, 0.2) is 89.1 Å². The van der Waals surface area contributed by atoms with Crippen LogP contribution in [0.4, 0.5) is 10.1 Å². The summed E-state index contributed by atoms with van der Waals surface area (Å²) in [7, 11) is 0. The Morgan fingerprint density at radius 1 is 0.833 bits per heavy atom. The van der Waals surface area contributed by atoms with Crippen molar-refractivity contribution in [2.24, 2.45) is 10.2 Å². The predicted molar refractivity (Wildman–Crippen MR) is 90.4 cm³/mol. The highest BCUT2D eigenvalue weighted by molar-refractivity contribution is 5.45. The second-order valence-corrected chi connectivity index (χ2v) is 5.22. The molecule has 0 fully saturated rings. The van der Waals surface area contributed by atoms with E-state index in [2.05, 4.69) is 10.2 Å². The molecule has 0 aliphatic carbocycles. The molecule has 0 aromatic heterocycles. The highest BCUT2D eigenvalue weighted by Gasteiger charge is 2.12. The smallest absolute Gasteiger partial charge is 0.141 e. The minimum atomic E-state index is -0.556. The summed E-state index contributed by atoms with van der Waals surface area (Å²) in [6.45, 7) is 0. The van der Waals surface area contributed by atoms with Gasteiger partial charge in [-0.1, -0.05) is 60.7 Å². The Labute approximate surface area is 139 Å². The van der Waals surface area contributed by atoms with E-state index in [1.165, 1.54) is 18.2 Å². The van der Waals surface area contributed by atoms with E-state index < -0.39 is 5.82 Å². The van der Waals surface area contributed by atoms with Gasteiger partial charge in [-0.05, 0) is 29.3 Å². The van der Waals surface area contributed by atoms with Gasteiger partial charge in [-0.25, -0.2) is 4.39 Å². The Balaban J connectivity index is 1.97. The van der Waals surface area contributed by atoms with Gasteiger partial charge in [-0.15, -0.1) is 0 Å². The lowest BCUT2D eigenvalue weighted by atomic mass is 10.00. The van der Waals surface area contributed by atoms with Crippen LogP contribution in [-0.2, 0) is 0 Å². The summed E-state index contributed by atoms with van der Waals surface area (Å²) in [5.41, 5.74) is 2.43. The molecule has 4 heteroatoms. The molecule has 0 bridgehead atoms. The Kier molecular flexibility index (Phi) is 4.73. The first kappa shape index (κ1) is 15.6. The fourth-order valence-corrected chi connectivity index (χ4v) is 2.38. The molecule has 0 radical (unpaired) electrons. The Morgan fingerprint density at radius 2 is 1.42 bits per heavy atom. The number of nitriles is 1. The van der Waals surface area contributed by atoms with Crippen LogP contribution < -0.4 is 0 Å². The van der Waals surface area contributed by atoms with Crippen LogP contribution in [-0.4, -0.2) is 0 Å². The van der Waals surface area contributed by atoms with E-state index in [-0.39, 0.29) is 11.6 Å². The second kappa shape index (κ2) is 7.30. The summed E-state index contributed by atoms with van der Waals surface area (Å²) in [6.07, 6.45) is 0. The topological polar surface area (TPSA) is 48.5 Å². The summed E-state index contributed by atoms with van der Waals surface area (Å²) in [4.78, 5) is 0. The number of nitrogens with zero attached hydrogens (tertiary/aromatic N) is 3. The van der Waals surface area contributed by atoms with E-state index in [1.54, 1.807) is 0 Å². The molecule has 3 rings (SSSR count). The van der Waals surface area contributed by atoms with Crippen LogP contribution in [0.1, 0.15) is 22.7 Å². The number of rotatable bonds is 4. The van der Waals surface area contributed by atoms with Crippen LogP contribution in [0, 0.1) is 17.1 Å². The first-order valence-electron chi connectivity index (χ1n) is 7.48. The van der Waals surface area contributed by atoms with Crippen molar-refractivity contribution in [3.63, 3.8) is 0 Å². The van der Waals surface area contributed by atoms with Crippen molar-refractivity contribution < 1.29 is 4.39 Å². The molecule has 0 aliphatic heterocycles. The van der Waals surface area contributed by atoms with Gasteiger partial charge in [0.1, 0.15) is 17.9 Å². The summed E-state index contributed by atoms with van der Waals surface area (Å²) in [6, 6.07) is 25.3. The molecule has 3 nitrogen and oxygen atoms in total. The first-order chi connectivity index (χ1) is 11.8. The third-order valence-corrected chi connectivity index (χ3v) is 3.59. The monoisotopic (exact) mass is 315 g/mol. The molecule has 0 N–H and O–H groups in total. The lowest BCUT2D eigenvalue weighted by molar-refractivity contribution is 0.624. The van der Waals surface area contributed by atoms with Gasteiger partial charge >= 0.3 is 0 Å². The number of benzene rings is 3. The molecule has 3 aromatic carbocycles. The molecule has 0 saturated carbocycles. The Morgan fingerprint density at radius 3 is 1.96 bits per heavy atom. The number of halogens is 1. The Bertz CT molecular complexity index is 844. The van der Waals surface area contributed by atoms with Crippen molar-refractivity contribution in [3.8, 4) is 6.07 Å².